The maximum Gasteiger partial charge on any atom is 0.321 e. The van der Waals surface area contributed by atoms with Crippen molar-refractivity contribution in [3.8, 4) is 0 Å². The molecule has 1 aromatic rings. The molecule has 2 rings (SSSR count). The van der Waals surface area contributed by atoms with E-state index in [4.69, 9.17) is 17.3 Å². The van der Waals surface area contributed by atoms with Crippen LogP contribution in [0, 0.1) is 0 Å². The number of amides is 2. The van der Waals surface area contributed by atoms with Gasteiger partial charge in [-0.05, 0) is 31.0 Å². The molecule has 0 saturated carbocycles. The third-order valence-corrected chi connectivity index (χ3v) is 2.88. The summed E-state index contributed by atoms with van der Waals surface area (Å²) in [6.45, 7) is 1.64. The number of rotatable bonds is 1. The Labute approximate surface area is 99.4 Å². The fourth-order valence-corrected chi connectivity index (χ4v) is 1.94. The number of nitrogens with two attached hydrogens (primary N) is 1. The Morgan fingerprint density at radius 3 is 2.69 bits per heavy atom. The van der Waals surface area contributed by atoms with Crippen molar-refractivity contribution in [3.63, 3.8) is 0 Å². The summed E-state index contributed by atoms with van der Waals surface area (Å²) in [7, 11) is 0. The first-order valence-electron chi connectivity index (χ1n) is 5.28. The van der Waals surface area contributed by atoms with Crippen molar-refractivity contribution in [1.29, 1.82) is 0 Å². The first-order chi connectivity index (χ1) is 7.66. The van der Waals surface area contributed by atoms with Gasteiger partial charge in [-0.15, -0.1) is 0 Å². The molecular formula is C11H14ClN3O. The Morgan fingerprint density at radius 1 is 1.38 bits per heavy atom. The zero-order valence-corrected chi connectivity index (χ0v) is 9.63. The first-order valence-corrected chi connectivity index (χ1v) is 5.65. The van der Waals surface area contributed by atoms with Gasteiger partial charge in [0.15, 0.2) is 0 Å². The zero-order valence-electron chi connectivity index (χ0n) is 8.87. The quantitative estimate of drug-likeness (QED) is 0.740. The van der Waals surface area contributed by atoms with Gasteiger partial charge >= 0.3 is 6.03 Å². The molecule has 1 aromatic carbocycles. The van der Waals surface area contributed by atoms with Crippen molar-refractivity contribution >= 4 is 29.0 Å². The molecule has 2 amide bonds. The largest absolute Gasteiger partial charge is 0.397 e. The van der Waals surface area contributed by atoms with Gasteiger partial charge in [0.2, 0.25) is 0 Å². The number of urea groups is 1. The van der Waals surface area contributed by atoms with Gasteiger partial charge in [-0.1, -0.05) is 11.6 Å². The normalized spacial score (nSPS) is 15.2. The van der Waals surface area contributed by atoms with Gasteiger partial charge in [0.1, 0.15) is 0 Å². The number of hydrogen-bond donors (Lipinski definition) is 2. The highest BCUT2D eigenvalue weighted by Gasteiger charge is 2.18. The number of nitrogens with zero attached hydrogens (tertiary/aromatic N) is 1. The molecule has 86 valence electrons. The second-order valence-electron chi connectivity index (χ2n) is 3.86. The van der Waals surface area contributed by atoms with E-state index in [2.05, 4.69) is 5.32 Å². The average molecular weight is 240 g/mol. The number of carbonyl (C=O) groups excluding carboxylic acids is 1. The van der Waals surface area contributed by atoms with E-state index in [1.54, 1.807) is 23.1 Å². The van der Waals surface area contributed by atoms with Crippen LogP contribution in [0.25, 0.3) is 0 Å². The molecule has 5 heteroatoms. The topological polar surface area (TPSA) is 58.4 Å². The molecule has 1 saturated heterocycles. The van der Waals surface area contributed by atoms with Gasteiger partial charge in [-0.3, -0.25) is 0 Å². The molecule has 0 aromatic heterocycles. The van der Waals surface area contributed by atoms with Crippen LogP contribution in [0.2, 0.25) is 5.02 Å². The SMILES string of the molecule is Nc1cc(Cl)ccc1NC(=O)N1CCCC1. The van der Waals surface area contributed by atoms with E-state index in [-0.39, 0.29) is 6.03 Å². The molecular weight excluding hydrogens is 226 g/mol. The number of likely N-dealkylation sites (tertiary alicyclic amines) is 1. The monoisotopic (exact) mass is 239 g/mol. The van der Waals surface area contributed by atoms with E-state index in [0.717, 1.165) is 25.9 Å². The zero-order chi connectivity index (χ0) is 11.5. The van der Waals surface area contributed by atoms with Crippen molar-refractivity contribution in [2.75, 3.05) is 24.1 Å². The lowest BCUT2D eigenvalue weighted by Gasteiger charge is -2.17. The summed E-state index contributed by atoms with van der Waals surface area (Å²) in [5.74, 6) is 0. The van der Waals surface area contributed by atoms with E-state index in [9.17, 15) is 4.79 Å². The standard InChI is InChI=1S/C11H14ClN3O/c12-8-3-4-10(9(13)7-8)14-11(16)15-5-1-2-6-15/h3-4,7H,1-2,5-6,13H2,(H,14,16). The summed E-state index contributed by atoms with van der Waals surface area (Å²) < 4.78 is 0. The molecule has 1 heterocycles. The van der Waals surface area contributed by atoms with Gasteiger partial charge in [-0.25, -0.2) is 4.79 Å². The summed E-state index contributed by atoms with van der Waals surface area (Å²) in [6.07, 6.45) is 2.15. The van der Waals surface area contributed by atoms with E-state index in [1.165, 1.54) is 0 Å². The molecule has 1 fully saturated rings. The second kappa shape index (κ2) is 4.61. The van der Waals surface area contributed by atoms with Gasteiger partial charge in [0, 0.05) is 18.1 Å². The maximum absolute atomic E-state index is 11.8. The van der Waals surface area contributed by atoms with E-state index < -0.39 is 0 Å². The van der Waals surface area contributed by atoms with Crippen LogP contribution < -0.4 is 11.1 Å². The van der Waals surface area contributed by atoms with E-state index >= 15 is 0 Å². The lowest BCUT2D eigenvalue weighted by Crippen LogP contribution is -2.32. The molecule has 0 aliphatic carbocycles. The van der Waals surface area contributed by atoms with E-state index in [1.807, 2.05) is 0 Å². The van der Waals surface area contributed by atoms with Crippen molar-refractivity contribution in [1.82, 2.24) is 4.90 Å². The minimum atomic E-state index is -0.0912. The molecule has 0 bridgehead atoms. The van der Waals surface area contributed by atoms with Crippen LogP contribution in [-0.2, 0) is 0 Å². The summed E-state index contributed by atoms with van der Waals surface area (Å²) in [4.78, 5) is 13.6. The molecule has 16 heavy (non-hydrogen) atoms. The van der Waals surface area contributed by atoms with Crippen molar-refractivity contribution < 1.29 is 4.79 Å². The molecule has 3 N–H and O–H groups in total. The van der Waals surface area contributed by atoms with Crippen molar-refractivity contribution in [2.45, 2.75) is 12.8 Å². The number of nitrogens with one attached hydrogen (secondary N) is 1. The Kier molecular flexibility index (Phi) is 3.19. The van der Waals surface area contributed by atoms with Crippen LogP contribution in [0.4, 0.5) is 16.2 Å². The number of carbonyl (C=O) groups is 1. The Bertz CT molecular complexity index is 402. The fourth-order valence-electron chi connectivity index (χ4n) is 1.76. The highest BCUT2D eigenvalue weighted by atomic mass is 35.5. The van der Waals surface area contributed by atoms with Crippen molar-refractivity contribution in [2.24, 2.45) is 0 Å². The minimum absolute atomic E-state index is 0.0912. The minimum Gasteiger partial charge on any atom is -0.397 e. The maximum atomic E-state index is 11.8. The molecule has 0 atom stereocenters. The Balaban J connectivity index is 2.05. The molecule has 0 spiro atoms. The predicted molar refractivity (Wildman–Crippen MR) is 65.7 cm³/mol. The van der Waals surface area contributed by atoms with Crippen LogP contribution in [0.15, 0.2) is 18.2 Å². The fraction of sp³-hybridized carbons (Fsp3) is 0.364. The van der Waals surface area contributed by atoms with Crippen LogP contribution in [0.5, 0.6) is 0 Å². The molecule has 4 nitrogen and oxygen atoms in total. The van der Waals surface area contributed by atoms with Gasteiger partial charge in [0.25, 0.3) is 0 Å². The van der Waals surface area contributed by atoms with Crippen molar-refractivity contribution in [3.05, 3.63) is 23.2 Å². The van der Waals surface area contributed by atoms with Crippen LogP contribution in [-0.4, -0.2) is 24.0 Å². The molecule has 1 aliphatic heterocycles. The van der Waals surface area contributed by atoms with Crippen LogP contribution in [0.1, 0.15) is 12.8 Å². The molecule has 0 unspecified atom stereocenters. The second-order valence-corrected chi connectivity index (χ2v) is 4.29. The highest BCUT2D eigenvalue weighted by Crippen LogP contribution is 2.23. The third kappa shape index (κ3) is 2.39. The number of benzene rings is 1. The predicted octanol–water partition coefficient (Wildman–Crippen LogP) is 2.55. The Hall–Kier alpha value is -1.42. The lowest BCUT2D eigenvalue weighted by molar-refractivity contribution is 0.222. The van der Waals surface area contributed by atoms with Crippen LogP contribution >= 0.6 is 11.6 Å². The number of hydrogen-bond acceptors (Lipinski definition) is 2. The summed E-state index contributed by atoms with van der Waals surface area (Å²) in [5, 5.41) is 3.35. The highest BCUT2D eigenvalue weighted by molar-refractivity contribution is 6.31. The van der Waals surface area contributed by atoms with Crippen LogP contribution in [0.3, 0.4) is 0 Å². The van der Waals surface area contributed by atoms with Gasteiger partial charge < -0.3 is 16.0 Å². The average Bonchev–Trinajstić information content (AvgIpc) is 2.75. The van der Waals surface area contributed by atoms with Gasteiger partial charge in [0.05, 0.1) is 11.4 Å². The summed E-state index contributed by atoms with van der Waals surface area (Å²) in [6, 6.07) is 4.95. The molecule has 1 aliphatic rings. The van der Waals surface area contributed by atoms with Gasteiger partial charge in [-0.2, -0.15) is 0 Å². The lowest BCUT2D eigenvalue weighted by atomic mass is 10.3. The Morgan fingerprint density at radius 2 is 2.06 bits per heavy atom. The third-order valence-electron chi connectivity index (χ3n) is 2.65. The summed E-state index contributed by atoms with van der Waals surface area (Å²) in [5.41, 5.74) is 6.85. The number of nitrogen functional groups attached to an aromatic ring is 1. The number of halogens is 1. The number of anilines is 2. The smallest absolute Gasteiger partial charge is 0.321 e. The summed E-state index contributed by atoms with van der Waals surface area (Å²) >= 11 is 5.78. The molecule has 0 radical (unpaired) electrons. The first kappa shape index (κ1) is 11.1. The van der Waals surface area contributed by atoms with E-state index in [0.29, 0.717) is 16.4 Å².